The molecule has 0 radical (unpaired) electrons. The van der Waals surface area contributed by atoms with E-state index < -0.39 is 0 Å². The van der Waals surface area contributed by atoms with Crippen LogP contribution in [-0.4, -0.2) is 16.2 Å². The Labute approximate surface area is 103 Å². The first-order valence-electron chi connectivity index (χ1n) is 6.52. The summed E-state index contributed by atoms with van der Waals surface area (Å²) in [7, 11) is 0. The minimum absolute atomic E-state index is 0.310. The smallest absolute Gasteiger partial charge is 0.229 e. The highest BCUT2D eigenvalue weighted by molar-refractivity contribution is 4.99. The number of nitrogens with two attached hydrogens (primary N) is 1. The van der Waals surface area contributed by atoms with Crippen LogP contribution in [0.2, 0.25) is 0 Å². The van der Waals surface area contributed by atoms with Gasteiger partial charge in [-0.05, 0) is 31.1 Å². The molecule has 2 atom stereocenters. The van der Waals surface area contributed by atoms with E-state index in [2.05, 4.69) is 30.9 Å². The topological polar surface area (TPSA) is 64.9 Å². The zero-order valence-corrected chi connectivity index (χ0v) is 11.1. The van der Waals surface area contributed by atoms with Crippen molar-refractivity contribution in [3.8, 4) is 0 Å². The summed E-state index contributed by atoms with van der Waals surface area (Å²) in [5.41, 5.74) is 6.21. The highest BCUT2D eigenvalue weighted by atomic mass is 16.5. The van der Waals surface area contributed by atoms with Gasteiger partial charge in [0.1, 0.15) is 0 Å². The third-order valence-electron chi connectivity index (χ3n) is 3.40. The molecular formula is C13H23N3O. The summed E-state index contributed by atoms with van der Waals surface area (Å²) in [6, 6.07) is 0.310. The molecule has 17 heavy (non-hydrogen) atoms. The minimum atomic E-state index is 0.310. The van der Waals surface area contributed by atoms with E-state index >= 15 is 0 Å². The van der Waals surface area contributed by atoms with Crippen molar-refractivity contribution in [1.29, 1.82) is 0 Å². The fraction of sp³-hybridized carbons (Fsp3) is 0.846. The van der Waals surface area contributed by atoms with Gasteiger partial charge in [0.15, 0.2) is 5.82 Å². The van der Waals surface area contributed by atoms with E-state index in [4.69, 9.17) is 10.3 Å². The Morgan fingerprint density at radius 1 is 1.35 bits per heavy atom. The Kier molecular flexibility index (Phi) is 3.52. The van der Waals surface area contributed by atoms with Gasteiger partial charge in [0.05, 0.1) is 0 Å². The molecule has 4 heteroatoms. The minimum Gasteiger partial charge on any atom is -0.339 e. The van der Waals surface area contributed by atoms with Crippen LogP contribution in [-0.2, 0) is 6.42 Å². The van der Waals surface area contributed by atoms with Crippen LogP contribution in [0.15, 0.2) is 4.52 Å². The first-order valence-corrected chi connectivity index (χ1v) is 6.52. The second kappa shape index (κ2) is 4.77. The second-order valence-electron chi connectivity index (χ2n) is 6.38. The van der Waals surface area contributed by atoms with E-state index in [-0.39, 0.29) is 0 Å². The van der Waals surface area contributed by atoms with Crippen LogP contribution >= 0.6 is 0 Å². The summed E-state index contributed by atoms with van der Waals surface area (Å²) in [5, 5.41) is 4.06. The van der Waals surface area contributed by atoms with Gasteiger partial charge in [0, 0.05) is 18.4 Å². The van der Waals surface area contributed by atoms with E-state index in [1.807, 2.05) is 0 Å². The summed E-state index contributed by atoms with van der Waals surface area (Å²) in [4.78, 5) is 4.50. The van der Waals surface area contributed by atoms with E-state index in [1.54, 1.807) is 0 Å². The van der Waals surface area contributed by atoms with E-state index in [1.165, 1.54) is 0 Å². The zero-order chi connectivity index (χ0) is 12.5. The number of rotatable bonds is 3. The lowest BCUT2D eigenvalue weighted by Gasteiger charge is -2.15. The Balaban J connectivity index is 1.92. The molecule has 1 aromatic rings. The summed E-state index contributed by atoms with van der Waals surface area (Å²) in [6.45, 7) is 6.68. The monoisotopic (exact) mass is 237 g/mol. The molecule has 1 aliphatic rings. The average Bonchev–Trinajstić information content (AvgIpc) is 2.81. The maximum Gasteiger partial charge on any atom is 0.229 e. The van der Waals surface area contributed by atoms with Crippen molar-refractivity contribution in [1.82, 2.24) is 10.1 Å². The van der Waals surface area contributed by atoms with Crippen molar-refractivity contribution in [3.05, 3.63) is 11.7 Å². The number of hydrogen-bond acceptors (Lipinski definition) is 4. The van der Waals surface area contributed by atoms with Gasteiger partial charge in [-0.25, -0.2) is 0 Å². The van der Waals surface area contributed by atoms with Crippen molar-refractivity contribution >= 4 is 0 Å². The quantitative estimate of drug-likeness (QED) is 0.877. The van der Waals surface area contributed by atoms with Crippen LogP contribution in [0, 0.1) is 5.41 Å². The first-order chi connectivity index (χ1) is 7.94. The largest absolute Gasteiger partial charge is 0.339 e. The third kappa shape index (κ3) is 3.53. The van der Waals surface area contributed by atoms with E-state index in [0.717, 1.165) is 43.8 Å². The molecule has 0 saturated heterocycles. The molecule has 0 bridgehead atoms. The van der Waals surface area contributed by atoms with E-state index in [9.17, 15) is 0 Å². The molecule has 4 nitrogen and oxygen atoms in total. The van der Waals surface area contributed by atoms with Gasteiger partial charge >= 0.3 is 0 Å². The Hall–Kier alpha value is -0.900. The molecule has 0 spiro atoms. The zero-order valence-electron chi connectivity index (χ0n) is 11.1. The maximum atomic E-state index is 5.90. The van der Waals surface area contributed by atoms with Crippen LogP contribution in [0.25, 0.3) is 0 Å². The standard InChI is InChI=1S/C13H23N3O/c1-13(2,3)7-6-11-15-12(17-16-11)9-4-5-10(14)8-9/h9-10H,4-8,14H2,1-3H3/t9-,10+/m1/s1. The lowest BCUT2D eigenvalue weighted by Crippen LogP contribution is -2.14. The number of nitrogens with zero attached hydrogens (tertiary/aromatic N) is 2. The summed E-state index contributed by atoms with van der Waals surface area (Å²) >= 11 is 0. The summed E-state index contributed by atoms with van der Waals surface area (Å²) in [6.07, 6.45) is 5.12. The molecule has 1 heterocycles. The lowest BCUT2D eigenvalue weighted by molar-refractivity contribution is 0.341. The highest BCUT2D eigenvalue weighted by Gasteiger charge is 2.27. The molecule has 0 unspecified atom stereocenters. The Morgan fingerprint density at radius 3 is 2.71 bits per heavy atom. The molecule has 0 aromatic carbocycles. The fourth-order valence-corrected chi connectivity index (χ4v) is 2.26. The van der Waals surface area contributed by atoms with Gasteiger partial charge in [-0.1, -0.05) is 25.9 Å². The molecule has 0 aliphatic heterocycles. The maximum absolute atomic E-state index is 5.90. The van der Waals surface area contributed by atoms with Gasteiger partial charge in [-0.3, -0.25) is 0 Å². The second-order valence-corrected chi connectivity index (χ2v) is 6.38. The molecular weight excluding hydrogens is 214 g/mol. The van der Waals surface area contributed by atoms with Crippen LogP contribution in [0.3, 0.4) is 0 Å². The predicted molar refractivity (Wildman–Crippen MR) is 66.6 cm³/mol. The van der Waals surface area contributed by atoms with Crippen molar-refractivity contribution < 1.29 is 4.52 Å². The lowest BCUT2D eigenvalue weighted by atomic mass is 9.90. The summed E-state index contributed by atoms with van der Waals surface area (Å²) < 4.78 is 5.35. The molecule has 1 fully saturated rings. The summed E-state index contributed by atoms with van der Waals surface area (Å²) in [5.74, 6) is 2.03. The van der Waals surface area contributed by atoms with Crippen molar-refractivity contribution in [3.63, 3.8) is 0 Å². The SMILES string of the molecule is CC(C)(C)CCc1noc([C@@H]2CC[C@H](N)C2)n1. The molecule has 1 aliphatic carbocycles. The molecule has 2 rings (SSSR count). The Bertz CT molecular complexity index is 367. The fourth-order valence-electron chi connectivity index (χ4n) is 2.26. The first kappa shape index (κ1) is 12.6. The van der Waals surface area contributed by atoms with Crippen LogP contribution < -0.4 is 5.73 Å². The molecule has 96 valence electrons. The normalized spacial score (nSPS) is 25.4. The molecule has 0 amide bonds. The van der Waals surface area contributed by atoms with Gasteiger partial charge in [0.25, 0.3) is 0 Å². The van der Waals surface area contributed by atoms with Gasteiger partial charge in [-0.15, -0.1) is 0 Å². The molecule has 1 saturated carbocycles. The van der Waals surface area contributed by atoms with Crippen LogP contribution in [0.1, 0.15) is 64.1 Å². The van der Waals surface area contributed by atoms with Gasteiger partial charge in [0.2, 0.25) is 5.89 Å². The third-order valence-corrected chi connectivity index (χ3v) is 3.40. The average molecular weight is 237 g/mol. The number of aryl methyl sites for hydroxylation is 1. The van der Waals surface area contributed by atoms with Crippen molar-refractivity contribution in [2.75, 3.05) is 0 Å². The van der Waals surface area contributed by atoms with Crippen molar-refractivity contribution in [2.24, 2.45) is 11.1 Å². The van der Waals surface area contributed by atoms with Gasteiger partial charge in [-0.2, -0.15) is 4.98 Å². The molecule has 1 aromatic heterocycles. The number of aromatic nitrogens is 2. The van der Waals surface area contributed by atoms with E-state index in [0.29, 0.717) is 17.4 Å². The van der Waals surface area contributed by atoms with Crippen LogP contribution in [0.5, 0.6) is 0 Å². The Morgan fingerprint density at radius 2 is 2.12 bits per heavy atom. The predicted octanol–water partition coefficient (Wildman–Crippen LogP) is 2.64. The number of hydrogen-bond donors (Lipinski definition) is 1. The van der Waals surface area contributed by atoms with Crippen molar-refractivity contribution in [2.45, 2.75) is 64.8 Å². The van der Waals surface area contributed by atoms with Crippen LogP contribution in [0.4, 0.5) is 0 Å². The highest BCUT2D eigenvalue weighted by Crippen LogP contribution is 2.32. The van der Waals surface area contributed by atoms with Gasteiger partial charge < -0.3 is 10.3 Å². The molecule has 2 N–H and O–H groups in total.